The largest absolute Gasteiger partial charge is 0.478 e. The van der Waals surface area contributed by atoms with Gasteiger partial charge in [-0.2, -0.15) is 0 Å². The Hall–Kier alpha value is -2.31. The number of nitrogens with one attached hydrogen (secondary N) is 1. The summed E-state index contributed by atoms with van der Waals surface area (Å²) < 4.78 is 0. The number of nitrogens with zero attached hydrogens (tertiary/aromatic N) is 1. The number of rotatable bonds is 8. The molecule has 1 aliphatic heterocycles. The zero-order chi connectivity index (χ0) is 19.8. The fraction of sp³-hybridized carbons (Fsp3) is 0.364. The number of thioether (sulfide) groups is 1. The van der Waals surface area contributed by atoms with E-state index >= 15 is 0 Å². The van der Waals surface area contributed by atoms with E-state index in [-0.39, 0.29) is 5.91 Å². The first kappa shape index (κ1) is 20.4. The van der Waals surface area contributed by atoms with Gasteiger partial charge in [0.2, 0.25) is 0 Å². The minimum Gasteiger partial charge on any atom is -0.478 e. The highest BCUT2D eigenvalue weighted by molar-refractivity contribution is 7.99. The van der Waals surface area contributed by atoms with Crippen LogP contribution in [0.3, 0.4) is 0 Å². The van der Waals surface area contributed by atoms with Crippen molar-refractivity contribution >= 4 is 23.6 Å². The van der Waals surface area contributed by atoms with Gasteiger partial charge in [-0.05, 0) is 55.8 Å². The standard InChI is InChI=1S/C22H26N2O3S/c25-21(23-12-15-28-20-7-3-2-6-19(20)22(26)27)18-10-8-17(9-11-18)16-24-13-4-1-5-14-24/h2-3,6-11H,1,4-5,12-16H2,(H,23,25)(H,26,27). The molecule has 0 aromatic heterocycles. The molecule has 2 N–H and O–H groups in total. The lowest BCUT2D eigenvalue weighted by molar-refractivity contribution is 0.0692. The number of carbonyl (C=O) groups excluding carboxylic acids is 1. The Balaban J connectivity index is 1.44. The predicted octanol–water partition coefficient (Wildman–Crippen LogP) is 3.89. The molecule has 5 nitrogen and oxygen atoms in total. The Kier molecular flexibility index (Phi) is 7.51. The lowest BCUT2D eigenvalue weighted by Crippen LogP contribution is -2.29. The molecule has 0 bridgehead atoms. The maximum absolute atomic E-state index is 12.3. The van der Waals surface area contributed by atoms with E-state index in [0.717, 1.165) is 19.6 Å². The summed E-state index contributed by atoms with van der Waals surface area (Å²) in [6.45, 7) is 3.74. The summed E-state index contributed by atoms with van der Waals surface area (Å²) in [7, 11) is 0. The van der Waals surface area contributed by atoms with E-state index in [1.807, 2.05) is 30.3 Å². The molecule has 0 radical (unpaired) electrons. The topological polar surface area (TPSA) is 69.6 Å². The first-order valence-corrected chi connectivity index (χ1v) is 10.7. The average molecular weight is 399 g/mol. The summed E-state index contributed by atoms with van der Waals surface area (Å²) >= 11 is 1.43. The fourth-order valence-corrected chi connectivity index (χ4v) is 4.24. The van der Waals surface area contributed by atoms with Gasteiger partial charge in [-0.3, -0.25) is 9.69 Å². The van der Waals surface area contributed by atoms with Crippen LogP contribution in [0.1, 0.15) is 45.5 Å². The number of benzene rings is 2. The Morgan fingerprint density at radius 2 is 1.71 bits per heavy atom. The second kappa shape index (κ2) is 10.3. The smallest absolute Gasteiger partial charge is 0.336 e. The predicted molar refractivity (Wildman–Crippen MR) is 112 cm³/mol. The van der Waals surface area contributed by atoms with Gasteiger partial charge in [0.15, 0.2) is 0 Å². The van der Waals surface area contributed by atoms with Gasteiger partial charge < -0.3 is 10.4 Å². The summed E-state index contributed by atoms with van der Waals surface area (Å²) in [5.41, 5.74) is 2.18. The highest BCUT2D eigenvalue weighted by Crippen LogP contribution is 2.22. The van der Waals surface area contributed by atoms with Crippen LogP contribution in [-0.4, -0.2) is 47.3 Å². The van der Waals surface area contributed by atoms with Crippen LogP contribution < -0.4 is 5.32 Å². The summed E-state index contributed by atoms with van der Waals surface area (Å²) in [4.78, 5) is 26.7. The average Bonchev–Trinajstić information content (AvgIpc) is 2.72. The van der Waals surface area contributed by atoms with E-state index in [9.17, 15) is 14.7 Å². The molecule has 28 heavy (non-hydrogen) atoms. The third kappa shape index (κ3) is 5.84. The van der Waals surface area contributed by atoms with Crippen molar-refractivity contribution in [1.29, 1.82) is 0 Å². The van der Waals surface area contributed by atoms with Crippen molar-refractivity contribution in [3.05, 3.63) is 65.2 Å². The SMILES string of the molecule is O=C(NCCSc1ccccc1C(=O)O)c1ccc(CN2CCCCC2)cc1. The van der Waals surface area contributed by atoms with E-state index in [0.29, 0.717) is 28.3 Å². The van der Waals surface area contributed by atoms with Crippen molar-refractivity contribution in [1.82, 2.24) is 10.2 Å². The number of carboxylic acid groups (broad SMARTS) is 1. The molecule has 1 aliphatic rings. The number of carbonyl (C=O) groups is 2. The molecule has 0 spiro atoms. The molecule has 1 heterocycles. The van der Waals surface area contributed by atoms with Gasteiger partial charge in [0.1, 0.15) is 0 Å². The van der Waals surface area contributed by atoms with Gasteiger partial charge in [-0.15, -0.1) is 11.8 Å². The molecule has 2 aromatic carbocycles. The first-order valence-electron chi connectivity index (χ1n) is 9.68. The third-order valence-corrected chi connectivity index (χ3v) is 5.91. The zero-order valence-electron chi connectivity index (χ0n) is 15.9. The van der Waals surface area contributed by atoms with Gasteiger partial charge in [0.25, 0.3) is 5.91 Å². The van der Waals surface area contributed by atoms with E-state index in [1.54, 1.807) is 18.2 Å². The van der Waals surface area contributed by atoms with Crippen molar-refractivity contribution in [2.75, 3.05) is 25.4 Å². The van der Waals surface area contributed by atoms with Gasteiger partial charge >= 0.3 is 5.97 Å². The molecule has 2 aromatic rings. The van der Waals surface area contributed by atoms with E-state index in [4.69, 9.17) is 0 Å². The van der Waals surface area contributed by atoms with Crippen LogP contribution in [0.5, 0.6) is 0 Å². The number of hydrogen-bond acceptors (Lipinski definition) is 4. The van der Waals surface area contributed by atoms with Crippen LogP contribution in [0, 0.1) is 0 Å². The Morgan fingerprint density at radius 1 is 1.00 bits per heavy atom. The third-order valence-electron chi connectivity index (χ3n) is 4.83. The second-order valence-corrected chi connectivity index (χ2v) is 8.08. The summed E-state index contributed by atoms with van der Waals surface area (Å²) in [6.07, 6.45) is 3.88. The van der Waals surface area contributed by atoms with Crippen molar-refractivity contribution in [2.45, 2.75) is 30.7 Å². The molecular formula is C22H26N2O3S. The van der Waals surface area contributed by atoms with Crippen LogP contribution in [0.25, 0.3) is 0 Å². The van der Waals surface area contributed by atoms with Crippen molar-refractivity contribution < 1.29 is 14.7 Å². The summed E-state index contributed by atoms with van der Waals surface area (Å²) in [6, 6.07) is 14.7. The monoisotopic (exact) mass is 398 g/mol. The van der Waals surface area contributed by atoms with Crippen LogP contribution in [0.4, 0.5) is 0 Å². The minimum absolute atomic E-state index is 0.100. The lowest BCUT2D eigenvalue weighted by atomic mass is 10.1. The maximum Gasteiger partial charge on any atom is 0.336 e. The van der Waals surface area contributed by atoms with Crippen LogP contribution >= 0.6 is 11.8 Å². The molecule has 0 unspecified atom stereocenters. The molecular weight excluding hydrogens is 372 g/mol. The Morgan fingerprint density at radius 3 is 2.43 bits per heavy atom. The Bertz CT molecular complexity index is 802. The molecule has 0 atom stereocenters. The van der Waals surface area contributed by atoms with Gasteiger partial charge in [0.05, 0.1) is 5.56 Å². The zero-order valence-corrected chi connectivity index (χ0v) is 16.7. The molecule has 148 valence electrons. The second-order valence-electron chi connectivity index (χ2n) is 6.94. The van der Waals surface area contributed by atoms with Crippen molar-refractivity contribution in [3.63, 3.8) is 0 Å². The number of piperidine rings is 1. The van der Waals surface area contributed by atoms with Crippen LogP contribution in [0.15, 0.2) is 53.4 Å². The molecule has 0 aliphatic carbocycles. The normalized spacial score (nSPS) is 14.6. The fourth-order valence-electron chi connectivity index (χ4n) is 3.33. The summed E-state index contributed by atoms with van der Waals surface area (Å²) in [5, 5.41) is 12.1. The number of carboxylic acids is 1. The van der Waals surface area contributed by atoms with Gasteiger partial charge in [-0.25, -0.2) is 4.79 Å². The quantitative estimate of drug-likeness (QED) is 0.521. The minimum atomic E-state index is -0.934. The number of amides is 1. The van der Waals surface area contributed by atoms with E-state index in [2.05, 4.69) is 10.2 Å². The van der Waals surface area contributed by atoms with Crippen molar-refractivity contribution in [3.8, 4) is 0 Å². The molecule has 6 heteroatoms. The molecule has 1 saturated heterocycles. The van der Waals surface area contributed by atoms with E-state index in [1.165, 1.54) is 36.6 Å². The first-order chi connectivity index (χ1) is 13.6. The highest BCUT2D eigenvalue weighted by Gasteiger charge is 2.12. The summed E-state index contributed by atoms with van der Waals surface area (Å²) in [5.74, 6) is -0.420. The van der Waals surface area contributed by atoms with Gasteiger partial charge in [0, 0.05) is 29.3 Å². The Labute approximate surface area is 170 Å². The lowest BCUT2D eigenvalue weighted by Gasteiger charge is -2.26. The highest BCUT2D eigenvalue weighted by atomic mass is 32.2. The number of aromatic carboxylic acids is 1. The number of likely N-dealkylation sites (tertiary alicyclic amines) is 1. The number of hydrogen-bond donors (Lipinski definition) is 2. The van der Waals surface area contributed by atoms with Gasteiger partial charge in [-0.1, -0.05) is 30.7 Å². The molecule has 3 rings (SSSR count). The molecule has 1 fully saturated rings. The molecule has 1 amide bonds. The van der Waals surface area contributed by atoms with Crippen LogP contribution in [0.2, 0.25) is 0 Å². The molecule has 0 saturated carbocycles. The van der Waals surface area contributed by atoms with E-state index < -0.39 is 5.97 Å². The van der Waals surface area contributed by atoms with Crippen molar-refractivity contribution in [2.24, 2.45) is 0 Å². The maximum atomic E-state index is 12.3. The van der Waals surface area contributed by atoms with Crippen LogP contribution in [-0.2, 0) is 6.54 Å².